The molecule has 0 N–H and O–H groups in total. The van der Waals surface area contributed by atoms with Gasteiger partial charge in [-0.25, -0.2) is 4.79 Å². The van der Waals surface area contributed by atoms with Crippen molar-refractivity contribution < 1.29 is 23.8 Å². The van der Waals surface area contributed by atoms with Gasteiger partial charge >= 0.3 is 5.97 Å². The average molecular weight is 273 g/mol. The summed E-state index contributed by atoms with van der Waals surface area (Å²) in [5.74, 6) is -0.870. The predicted octanol–water partition coefficient (Wildman–Crippen LogP) is 1.73. The Morgan fingerprint density at radius 1 is 1.11 bits per heavy atom. The van der Waals surface area contributed by atoms with Gasteiger partial charge in [0.2, 0.25) is 0 Å². The molecule has 0 aliphatic heterocycles. The highest BCUT2D eigenvalue weighted by molar-refractivity contribution is 6.47. The predicted molar refractivity (Wildman–Crippen MR) is 65.2 cm³/mol. The molecule has 0 bridgehead atoms. The lowest BCUT2D eigenvalue weighted by molar-refractivity contribution is -0.151. The summed E-state index contributed by atoms with van der Waals surface area (Å²) in [4.78, 5) is 22.6. The summed E-state index contributed by atoms with van der Waals surface area (Å²) in [7, 11) is 4.08. The van der Waals surface area contributed by atoms with Gasteiger partial charge in [-0.3, -0.25) is 4.79 Å². The van der Waals surface area contributed by atoms with Gasteiger partial charge in [0.1, 0.15) is 5.38 Å². The first-order chi connectivity index (χ1) is 8.54. The van der Waals surface area contributed by atoms with E-state index in [-0.39, 0.29) is 0 Å². The number of rotatable bonds is 5. The van der Waals surface area contributed by atoms with Gasteiger partial charge in [0.25, 0.3) is 5.78 Å². The number of hydrogen-bond donors (Lipinski definition) is 0. The van der Waals surface area contributed by atoms with Gasteiger partial charge in [-0.05, 0) is 17.7 Å². The number of ether oxygens (including phenoxy) is 3. The van der Waals surface area contributed by atoms with Gasteiger partial charge in [0.05, 0.1) is 21.3 Å². The lowest BCUT2D eigenvalue weighted by atomic mass is 10.1. The van der Waals surface area contributed by atoms with Crippen molar-refractivity contribution in [3.63, 3.8) is 0 Å². The number of halogens is 1. The molecule has 0 aliphatic carbocycles. The Labute approximate surface area is 110 Å². The van der Waals surface area contributed by atoms with Gasteiger partial charge in [-0.15, -0.1) is 11.6 Å². The molecular formula is C12H13ClO5. The first kappa shape index (κ1) is 14.3. The van der Waals surface area contributed by atoms with Crippen LogP contribution in [0.15, 0.2) is 18.2 Å². The molecule has 0 saturated heterocycles. The molecule has 0 fully saturated rings. The number of methoxy groups -OCH3 is 3. The highest BCUT2D eigenvalue weighted by Gasteiger charge is 2.26. The van der Waals surface area contributed by atoms with E-state index in [9.17, 15) is 9.59 Å². The van der Waals surface area contributed by atoms with Crippen molar-refractivity contribution in [3.05, 3.63) is 23.8 Å². The van der Waals surface area contributed by atoms with Crippen molar-refractivity contribution in [1.29, 1.82) is 0 Å². The maximum Gasteiger partial charge on any atom is 0.376 e. The largest absolute Gasteiger partial charge is 0.493 e. The summed E-state index contributed by atoms with van der Waals surface area (Å²) < 4.78 is 14.5. The standard InChI is InChI=1S/C12H13ClO5/c1-16-8-5-4-7(6-9(8)17-2)10(13)11(14)12(15)18-3/h4-6,10H,1-3H3. The molecule has 0 aliphatic rings. The summed E-state index contributed by atoms with van der Waals surface area (Å²) in [6, 6.07) is 4.73. The summed E-state index contributed by atoms with van der Waals surface area (Å²) in [5.41, 5.74) is 0.435. The van der Waals surface area contributed by atoms with Crippen LogP contribution in [0.2, 0.25) is 0 Å². The molecular weight excluding hydrogens is 260 g/mol. The first-order valence-electron chi connectivity index (χ1n) is 5.03. The zero-order valence-corrected chi connectivity index (χ0v) is 11.0. The van der Waals surface area contributed by atoms with Crippen LogP contribution in [0.1, 0.15) is 10.9 Å². The maximum atomic E-state index is 11.6. The third-order valence-electron chi connectivity index (χ3n) is 2.32. The minimum absolute atomic E-state index is 0.429. The molecule has 1 unspecified atom stereocenters. The van der Waals surface area contributed by atoms with Crippen LogP contribution in [0, 0.1) is 0 Å². The van der Waals surface area contributed by atoms with Crippen LogP contribution in [0.25, 0.3) is 0 Å². The van der Waals surface area contributed by atoms with E-state index in [1.54, 1.807) is 12.1 Å². The SMILES string of the molecule is COC(=O)C(=O)C(Cl)c1ccc(OC)c(OC)c1. The number of ketones is 1. The van der Waals surface area contributed by atoms with Gasteiger partial charge in [0, 0.05) is 0 Å². The van der Waals surface area contributed by atoms with E-state index in [0.29, 0.717) is 17.1 Å². The Bertz CT molecular complexity index is 458. The Kier molecular flexibility index (Phi) is 4.97. The van der Waals surface area contributed by atoms with E-state index in [4.69, 9.17) is 21.1 Å². The van der Waals surface area contributed by atoms with Crippen molar-refractivity contribution in [3.8, 4) is 11.5 Å². The van der Waals surface area contributed by atoms with E-state index in [2.05, 4.69) is 4.74 Å². The highest BCUT2D eigenvalue weighted by Crippen LogP contribution is 2.32. The summed E-state index contributed by atoms with van der Waals surface area (Å²) in [5, 5.41) is -1.11. The number of carbonyl (C=O) groups excluding carboxylic acids is 2. The second-order valence-electron chi connectivity index (χ2n) is 3.33. The van der Waals surface area contributed by atoms with Gasteiger partial charge in [-0.1, -0.05) is 6.07 Å². The second-order valence-corrected chi connectivity index (χ2v) is 3.77. The molecule has 1 rings (SSSR count). The lowest BCUT2D eigenvalue weighted by Crippen LogP contribution is -2.20. The Balaban J connectivity index is 3.03. The van der Waals surface area contributed by atoms with Gasteiger partial charge in [0.15, 0.2) is 11.5 Å². The normalized spacial score (nSPS) is 11.6. The first-order valence-corrected chi connectivity index (χ1v) is 5.47. The Hall–Kier alpha value is -1.75. The minimum atomic E-state index is -1.11. The molecule has 1 aromatic carbocycles. The molecule has 0 spiro atoms. The van der Waals surface area contributed by atoms with Gasteiger partial charge < -0.3 is 14.2 Å². The van der Waals surface area contributed by atoms with Crippen LogP contribution in [-0.2, 0) is 14.3 Å². The molecule has 0 radical (unpaired) electrons. The number of carbonyl (C=O) groups is 2. The van der Waals surface area contributed by atoms with Gasteiger partial charge in [-0.2, -0.15) is 0 Å². The fraction of sp³-hybridized carbons (Fsp3) is 0.333. The van der Waals surface area contributed by atoms with Crippen molar-refractivity contribution in [2.24, 2.45) is 0 Å². The quantitative estimate of drug-likeness (QED) is 0.464. The van der Waals surface area contributed by atoms with E-state index in [1.807, 2.05) is 0 Å². The zero-order valence-electron chi connectivity index (χ0n) is 10.2. The van der Waals surface area contributed by atoms with Crippen molar-refractivity contribution in [1.82, 2.24) is 0 Å². The van der Waals surface area contributed by atoms with Crippen LogP contribution in [0.4, 0.5) is 0 Å². The molecule has 98 valence electrons. The number of alkyl halides is 1. The number of benzene rings is 1. The van der Waals surface area contributed by atoms with Crippen LogP contribution < -0.4 is 9.47 Å². The molecule has 0 amide bonds. The third-order valence-corrected chi connectivity index (χ3v) is 2.77. The molecule has 18 heavy (non-hydrogen) atoms. The van der Waals surface area contributed by atoms with Crippen LogP contribution in [0.3, 0.4) is 0 Å². The molecule has 0 heterocycles. The molecule has 0 aromatic heterocycles. The Morgan fingerprint density at radius 2 is 1.72 bits per heavy atom. The van der Waals surface area contributed by atoms with Crippen molar-refractivity contribution in [2.45, 2.75) is 5.38 Å². The average Bonchev–Trinajstić information content (AvgIpc) is 2.43. The molecule has 6 heteroatoms. The summed E-state index contributed by atoms with van der Waals surface area (Å²) >= 11 is 5.91. The van der Waals surface area contributed by atoms with Crippen LogP contribution >= 0.6 is 11.6 Å². The molecule has 1 aromatic rings. The minimum Gasteiger partial charge on any atom is -0.493 e. The maximum absolute atomic E-state index is 11.6. The number of Topliss-reactive ketones (excluding diaryl/α,β-unsaturated/α-hetero) is 1. The molecule has 1 atom stereocenters. The van der Waals surface area contributed by atoms with E-state index in [1.165, 1.54) is 20.3 Å². The van der Waals surface area contributed by atoms with Crippen molar-refractivity contribution in [2.75, 3.05) is 21.3 Å². The molecule has 0 saturated carbocycles. The van der Waals surface area contributed by atoms with Crippen LogP contribution in [-0.4, -0.2) is 33.1 Å². The number of esters is 1. The number of hydrogen-bond acceptors (Lipinski definition) is 5. The monoisotopic (exact) mass is 272 g/mol. The van der Waals surface area contributed by atoms with Crippen LogP contribution in [0.5, 0.6) is 11.5 Å². The summed E-state index contributed by atoms with van der Waals surface area (Å²) in [6.07, 6.45) is 0. The summed E-state index contributed by atoms with van der Waals surface area (Å²) in [6.45, 7) is 0. The van der Waals surface area contributed by atoms with E-state index >= 15 is 0 Å². The third kappa shape index (κ3) is 2.92. The second kappa shape index (κ2) is 6.26. The topological polar surface area (TPSA) is 61.8 Å². The Morgan fingerprint density at radius 3 is 2.22 bits per heavy atom. The fourth-order valence-electron chi connectivity index (χ4n) is 1.37. The zero-order chi connectivity index (χ0) is 13.7. The molecule has 5 nitrogen and oxygen atoms in total. The van der Waals surface area contributed by atoms with E-state index in [0.717, 1.165) is 7.11 Å². The highest BCUT2D eigenvalue weighted by atomic mass is 35.5. The van der Waals surface area contributed by atoms with Crippen molar-refractivity contribution >= 4 is 23.4 Å². The fourth-order valence-corrected chi connectivity index (χ4v) is 1.59. The van der Waals surface area contributed by atoms with E-state index < -0.39 is 17.1 Å². The smallest absolute Gasteiger partial charge is 0.376 e. The lowest BCUT2D eigenvalue weighted by Gasteiger charge is -2.11.